The SMILES string of the molecule is COC(=O)CCCCCCNC(N)=NCC1CCC1. The number of rotatable bonds is 9. The molecule has 0 heterocycles. The molecule has 1 fully saturated rings. The molecule has 0 aliphatic heterocycles. The van der Waals surface area contributed by atoms with Crippen molar-refractivity contribution in [3.05, 3.63) is 0 Å². The summed E-state index contributed by atoms with van der Waals surface area (Å²) in [6.45, 7) is 1.73. The standard InChI is InChI=1S/C14H27N3O2/c1-19-13(18)9-4-2-3-5-10-16-14(15)17-11-12-7-6-8-12/h12H,2-11H2,1H3,(H3,15,16,17). The van der Waals surface area contributed by atoms with Gasteiger partial charge in [0, 0.05) is 19.5 Å². The molecule has 0 spiro atoms. The number of guanidine groups is 1. The van der Waals surface area contributed by atoms with Crippen LogP contribution in [0.1, 0.15) is 51.4 Å². The first-order valence-corrected chi connectivity index (χ1v) is 7.33. The topological polar surface area (TPSA) is 76.7 Å². The molecule has 5 nitrogen and oxygen atoms in total. The molecule has 0 bridgehead atoms. The van der Waals surface area contributed by atoms with E-state index in [2.05, 4.69) is 15.0 Å². The molecule has 0 amide bonds. The van der Waals surface area contributed by atoms with Crippen LogP contribution in [0.5, 0.6) is 0 Å². The minimum atomic E-state index is -0.120. The van der Waals surface area contributed by atoms with Gasteiger partial charge < -0.3 is 15.8 Å². The van der Waals surface area contributed by atoms with Gasteiger partial charge in [0.25, 0.3) is 0 Å². The van der Waals surface area contributed by atoms with Gasteiger partial charge in [-0.15, -0.1) is 0 Å². The average molecular weight is 269 g/mol. The summed E-state index contributed by atoms with van der Waals surface area (Å²) < 4.78 is 4.59. The number of carbonyl (C=O) groups is 1. The van der Waals surface area contributed by atoms with Crippen LogP contribution in [0.4, 0.5) is 0 Å². The fraction of sp³-hybridized carbons (Fsp3) is 0.857. The van der Waals surface area contributed by atoms with Gasteiger partial charge in [-0.25, -0.2) is 0 Å². The van der Waals surface area contributed by atoms with E-state index in [1.165, 1.54) is 26.4 Å². The van der Waals surface area contributed by atoms with Crippen LogP contribution in [0.2, 0.25) is 0 Å². The number of unbranched alkanes of at least 4 members (excludes halogenated alkanes) is 3. The highest BCUT2D eigenvalue weighted by molar-refractivity contribution is 5.77. The molecule has 0 aromatic carbocycles. The molecule has 19 heavy (non-hydrogen) atoms. The van der Waals surface area contributed by atoms with Crippen molar-refractivity contribution in [2.24, 2.45) is 16.6 Å². The van der Waals surface area contributed by atoms with Crippen LogP contribution in [0, 0.1) is 5.92 Å². The van der Waals surface area contributed by atoms with Crippen molar-refractivity contribution < 1.29 is 9.53 Å². The predicted octanol–water partition coefficient (Wildman–Crippen LogP) is 1.81. The Labute approximate surface area is 116 Å². The molecule has 110 valence electrons. The van der Waals surface area contributed by atoms with E-state index >= 15 is 0 Å². The lowest BCUT2D eigenvalue weighted by molar-refractivity contribution is -0.140. The lowest BCUT2D eigenvalue weighted by Crippen LogP contribution is -2.33. The number of nitrogens with zero attached hydrogens (tertiary/aromatic N) is 1. The van der Waals surface area contributed by atoms with Gasteiger partial charge in [-0.2, -0.15) is 0 Å². The third-order valence-corrected chi connectivity index (χ3v) is 3.59. The molecule has 1 saturated carbocycles. The fourth-order valence-electron chi connectivity index (χ4n) is 2.03. The van der Waals surface area contributed by atoms with E-state index in [1.807, 2.05) is 0 Å². The van der Waals surface area contributed by atoms with Crippen LogP contribution in [0.25, 0.3) is 0 Å². The predicted molar refractivity (Wildman–Crippen MR) is 76.9 cm³/mol. The van der Waals surface area contributed by atoms with E-state index in [-0.39, 0.29) is 5.97 Å². The van der Waals surface area contributed by atoms with Gasteiger partial charge in [0.2, 0.25) is 0 Å². The van der Waals surface area contributed by atoms with Gasteiger partial charge >= 0.3 is 5.97 Å². The first kappa shape index (κ1) is 15.8. The van der Waals surface area contributed by atoms with Gasteiger partial charge in [0.05, 0.1) is 7.11 Å². The Morgan fingerprint density at radius 2 is 2.05 bits per heavy atom. The van der Waals surface area contributed by atoms with Crippen LogP contribution in [0.15, 0.2) is 4.99 Å². The van der Waals surface area contributed by atoms with Crippen molar-refractivity contribution in [2.75, 3.05) is 20.2 Å². The van der Waals surface area contributed by atoms with Crippen LogP contribution in [-0.4, -0.2) is 32.1 Å². The van der Waals surface area contributed by atoms with Crippen LogP contribution < -0.4 is 11.1 Å². The number of methoxy groups -OCH3 is 1. The number of esters is 1. The van der Waals surface area contributed by atoms with Crippen LogP contribution in [-0.2, 0) is 9.53 Å². The van der Waals surface area contributed by atoms with E-state index < -0.39 is 0 Å². The second-order valence-electron chi connectivity index (χ2n) is 5.19. The van der Waals surface area contributed by atoms with E-state index in [0.717, 1.165) is 44.7 Å². The monoisotopic (exact) mass is 269 g/mol. The first-order chi connectivity index (χ1) is 9.22. The average Bonchev–Trinajstić information content (AvgIpc) is 2.35. The summed E-state index contributed by atoms with van der Waals surface area (Å²) in [6, 6.07) is 0. The Bertz CT molecular complexity index is 288. The molecule has 1 aliphatic carbocycles. The minimum absolute atomic E-state index is 0.120. The summed E-state index contributed by atoms with van der Waals surface area (Å²) in [6.07, 6.45) is 8.58. The summed E-state index contributed by atoms with van der Waals surface area (Å²) >= 11 is 0. The number of hydrogen-bond donors (Lipinski definition) is 2. The minimum Gasteiger partial charge on any atom is -0.469 e. The Balaban J connectivity index is 1.87. The van der Waals surface area contributed by atoms with Gasteiger partial charge in [0.15, 0.2) is 5.96 Å². The van der Waals surface area contributed by atoms with E-state index in [0.29, 0.717) is 12.4 Å². The van der Waals surface area contributed by atoms with Gasteiger partial charge in [-0.1, -0.05) is 19.3 Å². The molecule has 5 heteroatoms. The third-order valence-electron chi connectivity index (χ3n) is 3.59. The highest BCUT2D eigenvalue weighted by Crippen LogP contribution is 2.26. The quantitative estimate of drug-likeness (QED) is 0.290. The van der Waals surface area contributed by atoms with Crippen molar-refractivity contribution in [3.8, 4) is 0 Å². The molecule has 0 unspecified atom stereocenters. The van der Waals surface area contributed by atoms with E-state index in [9.17, 15) is 4.79 Å². The maximum Gasteiger partial charge on any atom is 0.305 e. The zero-order chi connectivity index (χ0) is 13.9. The molecule has 0 aromatic heterocycles. The van der Waals surface area contributed by atoms with Gasteiger partial charge in [0.1, 0.15) is 0 Å². The summed E-state index contributed by atoms with van der Waals surface area (Å²) in [4.78, 5) is 15.2. The highest BCUT2D eigenvalue weighted by Gasteiger charge is 2.16. The summed E-state index contributed by atoms with van der Waals surface area (Å²) in [5, 5.41) is 3.13. The van der Waals surface area contributed by atoms with Crippen LogP contribution >= 0.6 is 0 Å². The molecule has 0 saturated heterocycles. The smallest absolute Gasteiger partial charge is 0.305 e. The lowest BCUT2D eigenvalue weighted by Gasteiger charge is -2.23. The normalized spacial score (nSPS) is 15.9. The van der Waals surface area contributed by atoms with E-state index in [4.69, 9.17) is 5.73 Å². The van der Waals surface area contributed by atoms with Crippen molar-refractivity contribution in [3.63, 3.8) is 0 Å². The molecular weight excluding hydrogens is 242 g/mol. The fourth-order valence-corrected chi connectivity index (χ4v) is 2.03. The summed E-state index contributed by atoms with van der Waals surface area (Å²) in [7, 11) is 1.43. The number of nitrogens with two attached hydrogens (primary N) is 1. The van der Waals surface area contributed by atoms with Crippen molar-refractivity contribution >= 4 is 11.9 Å². The number of ether oxygens (including phenoxy) is 1. The third kappa shape index (κ3) is 7.70. The number of carbonyl (C=O) groups excluding carboxylic acids is 1. The maximum absolute atomic E-state index is 10.9. The lowest BCUT2D eigenvalue weighted by atomic mass is 9.86. The largest absolute Gasteiger partial charge is 0.469 e. The number of nitrogens with one attached hydrogen (secondary N) is 1. The zero-order valence-electron chi connectivity index (χ0n) is 12.0. The number of hydrogen-bond acceptors (Lipinski definition) is 3. The Morgan fingerprint density at radius 1 is 1.32 bits per heavy atom. The summed E-state index contributed by atoms with van der Waals surface area (Å²) in [5.74, 6) is 1.21. The molecule has 1 aliphatic rings. The van der Waals surface area contributed by atoms with Crippen LogP contribution in [0.3, 0.4) is 0 Å². The molecular formula is C14H27N3O2. The molecule has 0 aromatic rings. The first-order valence-electron chi connectivity index (χ1n) is 7.33. The Hall–Kier alpha value is -1.26. The zero-order valence-corrected chi connectivity index (χ0v) is 12.0. The van der Waals surface area contributed by atoms with Crippen molar-refractivity contribution in [2.45, 2.75) is 51.4 Å². The molecule has 1 rings (SSSR count). The Morgan fingerprint density at radius 3 is 2.68 bits per heavy atom. The van der Waals surface area contributed by atoms with Gasteiger partial charge in [-0.05, 0) is 31.6 Å². The van der Waals surface area contributed by atoms with Gasteiger partial charge in [-0.3, -0.25) is 9.79 Å². The highest BCUT2D eigenvalue weighted by atomic mass is 16.5. The molecule has 3 N–H and O–H groups in total. The second-order valence-corrected chi connectivity index (χ2v) is 5.19. The van der Waals surface area contributed by atoms with Crippen molar-refractivity contribution in [1.82, 2.24) is 5.32 Å². The second kappa shape index (κ2) is 9.64. The Kier molecular flexibility index (Phi) is 8.02. The molecule has 0 atom stereocenters. The number of aliphatic imine (C=N–C) groups is 1. The van der Waals surface area contributed by atoms with Crippen molar-refractivity contribution in [1.29, 1.82) is 0 Å². The maximum atomic E-state index is 10.9. The van der Waals surface area contributed by atoms with E-state index in [1.54, 1.807) is 0 Å². The molecule has 0 radical (unpaired) electrons. The summed E-state index contributed by atoms with van der Waals surface area (Å²) in [5.41, 5.74) is 5.78.